The highest BCUT2D eigenvalue weighted by molar-refractivity contribution is 5.95. The molecule has 22 heavy (non-hydrogen) atoms. The molecule has 0 bridgehead atoms. The predicted octanol–water partition coefficient (Wildman–Crippen LogP) is 4.44. The van der Waals surface area contributed by atoms with Crippen molar-refractivity contribution < 1.29 is 14.3 Å². The van der Waals surface area contributed by atoms with Crippen LogP contribution in [0, 0.1) is 0 Å². The minimum Gasteiger partial charge on any atom is -0.497 e. The van der Waals surface area contributed by atoms with Crippen molar-refractivity contribution in [3.63, 3.8) is 0 Å². The molecule has 0 aromatic heterocycles. The molecule has 0 amide bonds. The third-order valence-electron chi connectivity index (χ3n) is 3.58. The van der Waals surface area contributed by atoms with Gasteiger partial charge in [-0.1, -0.05) is 42.5 Å². The summed E-state index contributed by atoms with van der Waals surface area (Å²) in [4.78, 5) is 12.2. The molecule has 1 atom stereocenters. The zero-order valence-corrected chi connectivity index (χ0v) is 13.1. The number of Topliss-reactive ketones (excluding diaryl/α,β-unsaturated/α-hetero) is 1. The Kier molecular flexibility index (Phi) is 6.16. The summed E-state index contributed by atoms with van der Waals surface area (Å²) in [6.07, 6.45) is 1.08. The molecule has 0 saturated heterocycles. The van der Waals surface area contributed by atoms with Crippen molar-refractivity contribution in [2.24, 2.45) is 0 Å². The van der Waals surface area contributed by atoms with Crippen LogP contribution in [0.15, 0.2) is 54.6 Å². The van der Waals surface area contributed by atoms with Gasteiger partial charge in [0.05, 0.1) is 13.2 Å². The first-order chi connectivity index (χ1) is 10.7. The fraction of sp³-hybridized carbons (Fsp3) is 0.316. The SMILES string of the molecule is CCOC(CCC(=O)c1ccccc1)c1ccc(OC)cc1. The Balaban J connectivity index is 2.00. The first-order valence-corrected chi connectivity index (χ1v) is 7.58. The maximum absolute atomic E-state index is 12.2. The number of carbonyl (C=O) groups excluding carboxylic acids is 1. The Bertz CT molecular complexity index is 575. The summed E-state index contributed by atoms with van der Waals surface area (Å²) in [6, 6.07) is 17.2. The van der Waals surface area contributed by atoms with Crippen LogP contribution in [0.4, 0.5) is 0 Å². The molecule has 0 radical (unpaired) electrons. The fourth-order valence-corrected chi connectivity index (χ4v) is 2.40. The number of carbonyl (C=O) groups is 1. The van der Waals surface area contributed by atoms with Crippen LogP contribution in [0.5, 0.6) is 5.75 Å². The summed E-state index contributed by atoms with van der Waals surface area (Å²) in [6.45, 7) is 2.59. The van der Waals surface area contributed by atoms with E-state index in [0.717, 1.165) is 16.9 Å². The van der Waals surface area contributed by atoms with Crippen LogP contribution >= 0.6 is 0 Å². The van der Waals surface area contributed by atoms with Gasteiger partial charge in [-0.25, -0.2) is 0 Å². The van der Waals surface area contributed by atoms with E-state index in [4.69, 9.17) is 9.47 Å². The topological polar surface area (TPSA) is 35.5 Å². The van der Waals surface area contributed by atoms with Crippen molar-refractivity contribution in [3.8, 4) is 5.75 Å². The number of ether oxygens (including phenoxy) is 2. The number of ketones is 1. The lowest BCUT2D eigenvalue weighted by atomic mass is 10.00. The average molecular weight is 298 g/mol. The Labute approximate surface area is 131 Å². The maximum Gasteiger partial charge on any atom is 0.162 e. The second-order valence-electron chi connectivity index (χ2n) is 5.05. The molecule has 3 nitrogen and oxygen atoms in total. The molecule has 1 unspecified atom stereocenters. The van der Waals surface area contributed by atoms with E-state index in [9.17, 15) is 4.79 Å². The lowest BCUT2D eigenvalue weighted by Gasteiger charge is -2.17. The molecule has 0 heterocycles. The van der Waals surface area contributed by atoms with E-state index in [1.165, 1.54) is 0 Å². The fourth-order valence-electron chi connectivity index (χ4n) is 2.40. The highest BCUT2D eigenvalue weighted by atomic mass is 16.5. The molecule has 2 aromatic rings. The molecule has 0 saturated carbocycles. The Morgan fingerprint density at radius 3 is 2.32 bits per heavy atom. The summed E-state index contributed by atoms with van der Waals surface area (Å²) >= 11 is 0. The minimum absolute atomic E-state index is 0.0661. The smallest absolute Gasteiger partial charge is 0.162 e. The minimum atomic E-state index is -0.0661. The van der Waals surface area contributed by atoms with Gasteiger partial charge in [0.25, 0.3) is 0 Å². The van der Waals surface area contributed by atoms with Gasteiger partial charge in [0.1, 0.15) is 5.75 Å². The molecular weight excluding hydrogens is 276 g/mol. The molecular formula is C19H22O3. The van der Waals surface area contributed by atoms with Crippen LogP contribution in [-0.4, -0.2) is 19.5 Å². The summed E-state index contributed by atoms with van der Waals surface area (Å²) in [5, 5.41) is 0. The third kappa shape index (κ3) is 4.43. The molecule has 0 spiro atoms. The lowest BCUT2D eigenvalue weighted by Crippen LogP contribution is -2.08. The largest absolute Gasteiger partial charge is 0.497 e. The van der Waals surface area contributed by atoms with E-state index >= 15 is 0 Å². The first kappa shape index (κ1) is 16.2. The summed E-state index contributed by atoms with van der Waals surface area (Å²) in [5.41, 5.74) is 1.83. The van der Waals surface area contributed by atoms with Crippen molar-refractivity contribution in [2.45, 2.75) is 25.9 Å². The van der Waals surface area contributed by atoms with Gasteiger partial charge in [-0.05, 0) is 31.0 Å². The standard InChI is InChI=1S/C19H22O3/c1-3-22-19(16-9-11-17(21-2)12-10-16)14-13-18(20)15-7-5-4-6-8-15/h4-12,19H,3,13-14H2,1-2H3. The molecule has 3 heteroatoms. The Hall–Kier alpha value is -2.13. The summed E-state index contributed by atoms with van der Waals surface area (Å²) in [7, 11) is 1.65. The average Bonchev–Trinajstić information content (AvgIpc) is 2.59. The highest BCUT2D eigenvalue weighted by Gasteiger charge is 2.14. The molecule has 0 N–H and O–H groups in total. The zero-order chi connectivity index (χ0) is 15.8. The highest BCUT2D eigenvalue weighted by Crippen LogP contribution is 2.25. The Morgan fingerprint density at radius 2 is 1.73 bits per heavy atom. The second kappa shape index (κ2) is 8.35. The first-order valence-electron chi connectivity index (χ1n) is 7.58. The van der Waals surface area contributed by atoms with Crippen molar-refractivity contribution in [2.75, 3.05) is 13.7 Å². The van der Waals surface area contributed by atoms with Crippen LogP contribution in [0.3, 0.4) is 0 Å². The molecule has 0 aliphatic heterocycles. The van der Waals surface area contributed by atoms with E-state index in [1.807, 2.05) is 61.5 Å². The van der Waals surface area contributed by atoms with Crippen LogP contribution in [0.25, 0.3) is 0 Å². The maximum atomic E-state index is 12.2. The molecule has 0 aliphatic rings. The number of hydrogen-bond acceptors (Lipinski definition) is 3. The van der Waals surface area contributed by atoms with E-state index in [2.05, 4.69) is 0 Å². The van der Waals surface area contributed by atoms with Crippen molar-refractivity contribution in [3.05, 3.63) is 65.7 Å². The third-order valence-corrected chi connectivity index (χ3v) is 3.58. The van der Waals surface area contributed by atoms with Gasteiger partial charge in [-0.3, -0.25) is 4.79 Å². The van der Waals surface area contributed by atoms with Gasteiger partial charge in [-0.2, -0.15) is 0 Å². The summed E-state index contributed by atoms with van der Waals surface area (Å²) < 4.78 is 11.0. The number of hydrogen-bond donors (Lipinski definition) is 0. The van der Waals surface area contributed by atoms with E-state index in [1.54, 1.807) is 7.11 Å². The molecule has 0 fully saturated rings. The van der Waals surface area contributed by atoms with Crippen LogP contribution in [0.2, 0.25) is 0 Å². The van der Waals surface area contributed by atoms with Gasteiger partial charge < -0.3 is 9.47 Å². The number of rotatable bonds is 8. The monoisotopic (exact) mass is 298 g/mol. The molecule has 116 valence electrons. The van der Waals surface area contributed by atoms with Crippen LogP contribution in [-0.2, 0) is 4.74 Å². The van der Waals surface area contributed by atoms with E-state index in [-0.39, 0.29) is 11.9 Å². The van der Waals surface area contributed by atoms with E-state index < -0.39 is 0 Å². The second-order valence-corrected chi connectivity index (χ2v) is 5.05. The summed E-state index contributed by atoms with van der Waals surface area (Å²) in [5.74, 6) is 0.971. The molecule has 2 rings (SSSR count). The van der Waals surface area contributed by atoms with Gasteiger partial charge in [0.15, 0.2) is 5.78 Å². The predicted molar refractivity (Wildman–Crippen MR) is 87.4 cm³/mol. The zero-order valence-electron chi connectivity index (χ0n) is 13.1. The van der Waals surface area contributed by atoms with Crippen molar-refractivity contribution in [1.82, 2.24) is 0 Å². The quantitative estimate of drug-likeness (QED) is 0.676. The van der Waals surface area contributed by atoms with Gasteiger partial charge >= 0.3 is 0 Å². The van der Waals surface area contributed by atoms with Gasteiger partial charge in [-0.15, -0.1) is 0 Å². The lowest BCUT2D eigenvalue weighted by molar-refractivity contribution is 0.0527. The van der Waals surface area contributed by atoms with Gasteiger partial charge in [0, 0.05) is 18.6 Å². The van der Waals surface area contributed by atoms with Crippen molar-refractivity contribution in [1.29, 1.82) is 0 Å². The number of methoxy groups -OCH3 is 1. The molecule has 2 aromatic carbocycles. The number of benzene rings is 2. The van der Waals surface area contributed by atoms with E-state index in [0.29, 0.717) is 19.4 Å². The van der Waals surface area contributed by atoms with Crippen LogP contribution < -0.4 is 4.74 Å². The Morgan fingerprint density at radius 1 is 1.05 bits per heavy atom. The van der Waals surface area contributed by atoms with Crippen LogP contribution in [0.1, 0.15) is 41.8 Å². The molecule has 0 aliphatic carbocycles. The van der Waals surface area contributed by atoms with Gasteiger partial charge in [0.2, 0.25) is 0 Å². The van der Waals surface area contributed by atoms with Crippen molar-refractivity contribution >= 4 is 5.78 Å². The normalized spacial score (nSPS) is 11.9.